The Morgan fingerprint density at radius 2 is 1.85 bits per heavy atom. The predicted octanol–water partition coefficient (Wildman–Crippen LogP) is 2.94. The third kappa shape index (κ3) is 4.00. The first-order valence-electron chi connectivity index (χ1n) is 6.84. The highest BCUT2D eigenvalue weighted by atomic mass is 19.2. The number of hydrogen-bond acceptors (Lipinski definition) is 2. The van der Waals surface area contributed by atoms with Gasteiger partial charge in [0.15, 0.2) is 11.6 Å². The SMILES string of the molecule is CCC(CC)C(=O)NC(C)C(O)c1ccc(F)c(F)c1. The van der Waals surface area contributed by atoms with Gasteiger partial charge in [0.1, 0.15) is 0 Å². The number of hydrogen-bond donors (Lipinski definition) is 2. The number of carbonyl (C=O) groups is 1. The largest absolute Gasteiger partial charge is 0.386 e. The summed E-state index contributed by atoms with van der Waals surface area (Å²) in [7, 11) is 0. The van der Waals surface area contributed by atoms with Crippen LogP contribution in [0.25, 0.3) is 0 Å². The Morgan fingerprint density at radius 3 is 2.35 bits per heavy atom. The van der Waals surface area contributed by atoms with Crippen LogP contribution in [0.2, 0.25) is 0 Å². The number of benzene rings is 1. The molecule has 0 fully saturated rings. The molecule has 1 amide bonds. The molecule has 0 heterocycles. The third-order valence-electron chi connectivity index (χ3n) is 3.49. The van der Waals surface area contributed by atoms with Crippen molar-refractivity contribution in [3.63, 3.8) is 0 Å². The van der Waals surface area contributed by atoms with Crippen LogP contribution >= 0.6 is 0 Å². The molecule has 2 unspecified atom stereocenters. The fraction of sp³-hybridized carbons (Fsp3) is 0.533. The minimum atomic E-state index is -1.08. The van der Waals surface area contributed by atoms with Gasteiger partial charge in [0.25, 0.3) is 0 Å². The molecule has 0 aliphatic carbocycles. The van der Waals surface area contributed by atoms with Crippen LogP contribution < -0.4 is 5.32 Å². The summed E-state index contributed by atoms with van der Waals surface area (Å²) in [5, 5.41) is 12.8. The van der Waals surface area contributed by atoms with E-state index in [1.807, 2.05) is 13.8 Å². The van der Waals surface area contributed by atoms with Gasteiger partial charge in [-0.2, -0.15) is 0 Å². The number of rotatable bonds is 6. The number of aliphatic hydroxyl groups is 1. The molecule has 1 aromatic carbocycles. The molecular formula is C15H21F2NO2. The molecule has 1 rings (SSSR count). The highest BCUT2D eigenvalue weighted by Gasteiger charge is 2.22. The normalized spacial score (nSPS) is 14.2. The highest BCUT2D eigenvalue weighted by Crippen LogP contribution is 2.20. The summed E-state index contributed by atoms with van der Waals surface area (Å²) in [6.45, 7) is 5.47. The lowest BCUT2D eigenvalue weighted by atomic mass is 9.99. The molecule has 5 heteroatoms. The van der Waals surface area contributed by atoms with E-state index in [0.717, 1.165) is 25.0 Å². The van der Waals surface area contributed by atoms with E-state index in [-0.39, 0.29) is 17.4 Å². The summed E-state index contributed by atoms with van der Waals surface area (Å²) < 4.78 is 26.0. The van der Waals surface area contributed by atoms with Gasteiger partial charge in [-0.3, -0.25) is 4.79 Å². The van der Waals surface area contributed by atoms with E-state index < -0.39 is 23.8 Å². The molecule has 0 bridgehead atoms. The van der Waals surface area contributed by atoms with E-state index in [9.17, 15) is 18.7 Å². The van der Waals surface area contributed by atoms with E-state index >= 15 is 0 Å². The molecule has 0 radical (unpaired) electrons. The average Bonchev–Trinajstić information content (AvgIpc) is 2.42. The zero-order valence-corrected chi connectivity index (χ0v) is 12.0. The van der Waals surface area contributed by atoms with Gasteiger partial charge in [-0.15, -0.1) is 0 Å². The predicted molar refractivity (Wildman–Crippen MR) is 73.0 cm³/mol. The molecule has 1 aromatic rings. The molecule has 0 aliphatic heterocycles. The maximum absolute atomic E-state index is 13.1. The van der Waals surface area contributed by atoms with Crippen molar-refractivity contribution in [3.05, 3.63) is 35.4 Å². The van der Waals surface area contributed by atoms with Gasteiger partial charge >= 0.3 is 0 Å². The number of amides is 1. The van der Waals surface area contributed by atoms with Crippen LogP contribution in [0.1, 0.15) is 45.3 Å². The Labute approximate surface area is 118 Å². The van der Waals surface area contributed by atoms with Crippen molar-refractivity contribution in [2.75, 3.05) is 0 Å². The van der Waals surface area contributed by atoms with Gasteiger partial charge in [-0.1, -0.05) is 19.9 Å². The molecule has 0 aromatic heterocycles. The third-order valence-corrected chi connectivity index (χ3v) is 3.49. The molecular weight excluding hydrogens is 264 g/mol. The second kappa shape index (κ2) is 7.33. The van der Waals surface area contributed by atoms with Crippen molar-refractivity contribution < 1.29 is 18.7 Å². The summed E-state index contributed by atoms with van der Waals surface area (Å²) in [4.78, 5) is 11.9. The standard InChI is InChI=1S/C15H21F2NO2/c1-4-10(5-2)15(20)18-9(3)14(19)11-6-7-12(16)13(17)8-11/h6-10,14,19H,4-5H2,1-3H3,(H,18,20). The van der Waals surface area contributed by atoms with Gasteiger partial charge in [0.2, 0.25) is 5.91 Å². The number of aliphatic hydroxyl groups excluding tert-OH is 1. The summed E-state index contributed by atoms with van der Waals surface area (Å²) >= 11 is 0. The summed E-state index contributed by atoms with van der Waals surface area (Å²) in [6, 6.07) is 2.64. The Bertz CT molecular complexity index is 461. The Kier molecular flexibility index (Phi) is 6.07. The number of carbonyl (C=O) groups excluding carboxylic acids is 1. The van der Waals surface area contributed by atoms with Gasteiger partial charge in [-0.25, -0.2) is 8.78 Å². The second-order valence-corrected chi connectivity index (χ2v) is 4.93. The summed E-state index contributed by atoms with van der Waals surface area (Å²) in [5.41, 5.74) is 0.237. The molecule has 112 valence electrons. The van der Waals surface area contributed by atoms with E-state index in [0.29, 0.717) is 0 Å². The summed E-state index contributed by atoms with van der Waals surface area (Å²) in [6.07, 6.45) is 0.357. The average molecular weight is 285 g/mol. The van der Waals surface area contributed by atoms with Crippen LogP contribution in [-0.2, 0) is 4.79 Å². The van der Waals surface area contributed by atoms with Gasteiger partial charge in [-0.05, 0) is 37.5 Å². The molecule has 0 saturated heterocycles. The monoisotopic (exact) mass is 285 g/mol. The van der Waals surface area contributed by atoms with E-state index in [1.165, 1.54) is 6.07 Å². The highest BCUT2D eigenvalue weighted by molar-refractivity contribution is 5.78. The van der Waals surface area contributed by atoms with Crippen molar-refractivity contribution in [2.24, 2.45) is 5.92 Å². The lowest BCUT2D eigenvalue weighted by Gasteiger charge is -2.23. The molecule has 0 spiro atoms. The summed E-state index contributed by atoms with van der Waals surface area (Å²) in [5.74, 6) is -2.21. The Balaban J connectivity index is 2.73. The fourth-order valence-corrected chi connectivity index (χ4v) is 2.07. The van der Waals surface area contributed by atoms with E-state index in [2.05, 4.69) is 5.32 Å². The zero-order chi connectivity index (χ0) is 15.3. The first-order chi connectivity index (χ1) is 9.40. The van der Waals surface area contributed by atoms with Gasteiger partial charge in [0.05, 0.1) is 12.1 Å². The van der Waals surface area contributed by atoms with E-state index in [4.69, 9.17) is 0 Å². The molecule has 0 aliphatic rings. The molecule has 20 heavy (non-hydrogen) atoms. The Morgan fingerprint density at radius 1 is 1.25 bits per heavy atom. The Hall–Kier alpha value is -1.49. The number of halogens is 2. The van der Waals surface area contributed by atoms with Crippen molar-refractivity contribution >= 4 is 5.91 Å². The van der Waals surface area contributed by atoms with Gasteiger partial charge in [0, 0.05) is 5.92 Å². The van der Waals surface area contributed by atoms with Crippen LogP contribution in [0.4, 0.5) is 8.78 Å². The minimum absolute atomic E-state index is 0.102. The number of nitrogens with one attached hydrogen (secondary N) is 1. The van der Waals surface area contributed by atoms with Crippen LogP contribution in [0.15, 0.2) is 18.2 Å². The maximum Gasteiger partial charge on any atom is 0.223 e. The molecule has 3 nitrogen and oxygen atoms in total. The van der Waals surface area contributed by atoms with Crippen molar-refractivity contribution in [3.8, 4) is 0 Å². The lowest BCUT2D eigenvalue weighted by molar-refractivity contribution is -0.126. The van der Waals surface area contributed by atoms with Crippen LogP contribution in [0.3, 0.4) is 0 Å². The molecule has 0 saturated carbocycles. The lowest BCUT2D eigenvalue weighted by Crippen LogP contribution is -2.40. The van der Waals surface area contributed by atoms with Crippen molar-refractivity contribution in [2.45, 2.75) is 45.8 Å². The molecule has 2 atom stereocenters. The van der Waals surface area contributed by atoms with Crippen molar-refractivity contribution in [1.82, 2.24) is 5.32 Å². The topological polar surface area (TPSA) is 49.3 Å². The molecule has 2 N–H and O–H groups in total. The van der Waals surface area contributed by atoms with E-state index in [1.54, 1.807) is 6.92 Å². The zero-order valence-electron chi connectivity index (χ0n) is 12.0. The first kappa shape index (κ1) is 16.6. The van der Waals surface area contributed by atoms with Crippen LogP contribution in [0, 0.1) is 17.6 Å². The second-order valence-electron chi connectivity index (χ2n) is 4.93. The fourth-order valence-electron chi connectivity index (χ4n) is 2.07. The smallest absolute Gasteiger partial charge is 0.223 e. The quantitative estimate of drug-likeness (QED) is 0.844. The van der Waals surface area contributed by atoms with Crippen LogP contribution in [-0.4, -0.2) is 17.1 Å². The maximum atomic E-state index is 13.1. The van der Waals surface area contributed by atoms with Crippen LogP contribution in [0.5, 0.6) is 0 Å². The van der Waals surface area contributed by atoms with Gasteiger partial charge < -0.3 is 10.4 Å². The minimum Gasteiger partial charge on any atom is -0.386 e. The van der Waals surface area contributed by atoms with Crippen molar-refractivity contribution in [1.29, 1.82) is 0 Å². The first-order valence-corrected chi connectivity index (χ1v) is 6.84.